The molecule has 3 amide bonds. The molecule has 2 fully saturated rings. The first-order chi connectivity index (χ1) is 18.1. The zero-order chi connectivity index (χ0) is 27.1. The Bertz CT molecular complexity index is 1220. The largest absolute Gasteiger partial charge is 0.446 e. The maximum absolute atomic E-state index is 13.2. The molecule has 3 aliphatic rings. The Morgan fingerprint density at radius 2 is 1.61 bits per heavy atom. The van der Waals surface area contributed by atoms with Crippen molar-refractivity contribution in [3.63, 3.8) is 0 Å². The number of anilines is 2. The molecule has 1 aliphatic carbocycles. The molecule has 2 aromatic carbocycles. The molecule has 2 heterocycles. The number of fused-ring (bicyclic) bond motifs is 1. The molecule has 5 rings (SSSR count). The van der Waals surface area contributed by atoms with E-state index in [1.54, 1.807) is 4.90 Å². The molecule has 8 heteroatoms. The second kappa shape index (κ2) is 10.4. The predicted molar refractivity (Wildman–Crippen MR) is 149 cm³/mol. The summed E-state index contributed by atoms with van der Waals surface area (Å²) in [4.78, 5) is 46.9. The summed E-state index contributed by atoms with van der Waals surface area (Å²) in [6, 6.07) is 13.8. The van der Waals surface area contributed by atoms with Gasteiger partial charge in [-0.2, -0.15) is 0 Å². The summed E-state index contributed by atoms with van der Waals surface area (Å²) in [5, 5.41) is 0. The molecule has 1 saturated carbocycles. The van der Waals surface area contributed by atoms with Crippen molar-refractivity contribution in [2.45, 2.75) is 58.2 Å². The second-order valence-corrected chi connectivity index (χ2v) is 11.3. The fraction of sp³-hybridized carbons (Fsp3) is 0.500. The molecule has 2 atom stereocenters. The minimum atomic E-state index is -0.411. The molecule has 8 nitrogen and oxygen atoms in total. The normalized spacial score (nSPS) is 21.2. The third-order valence-corrected chi connectivity index (χ3v) is 7.78. The van der Waals surface area contributed by atoms with Crippen molar-refractivity contribution in [2.24, 2.45) is 5.92 Å². The van der Waals surface area contributed by atoms with Crippen molar-refractivity contribution in [2.75, 3.05) is 43.5 Å². The molecular formula is C30H38N4O4. The molecule has 2 aliphatic heterocycles. The average molecular weight is 519 g/mol. The molecule has 2 aromatic rings. The topological polar surface area (TPSA) is 73.4 Å². The Morgan fingerprint density at radius 1 is 0.921 bits per heavy atom. The van der Waals surface area contributed by atoms with Crippen LogP contribution >= 0.6 is 0 Å². The number of rotatable bonds is 5. The number of hydrogen-bond acceptors (Lipinski definition) is 5. The van der Waals surface area contributed by atoms with Gasteiger partial charge in [0.25, 0.3) is 5.91 Å². The number of carbonyl (C=O) groups is 3. The number of nitrogens with zero attached hydrogens (tertiary/aromatic N) is 4. The number of likely N-dealkylation sites (N-methyl/N-ethyl adjacent to an activating group) is 1. The van der Waals surface area contributed by atoms with Gasteiger partial charge in [-0.25, -0.2) is 4.79 Å². The van der Waals surface area contributed by atoms with E-state index >= 15 is 0 Å². The van der Waals surface area contributed by atoms with Crippen LogP contribution in [0.25, 0.3) is 11.1 Å². The van der Waals surface area contributed by atoms with Crippen LogP contribution in [0, 0.1) is 5.92 Å². The third-order valence-electron chi connectivity index (χ3n) is 7.78. The lowest BCUT2D eigenvalue weighted by Crippen LogP contribution is -2.52. The Kier molecular flexibility index (Phi) is 7.18. The maximum atomic E-state index is 13.2. The van der Waals surface area contributed by atoms with Crippen molar-refractivity contribution >= 4 is 29.3 Å². The monoisotopic (exact) mass is 518 g/mol. The van der Waals surface area contributed by atoms with Crippen molar-refractivity contribution < 1.29 is 19.1 Å². The van der Waals surface area contributed by atoms with E-state index in [1.807, 2.05) is 73.0 Å². The van der Waals surface area contributed by atoms with Gasteiger partial charge in [-0.15, -0.1) is 0 Å². The molecule has 0 aromatic heterocycles. The van der Waals surface area contributed by atoms with Crippen LogP contribution in [0.5, 0.6) is 0 Å². The number of amides is 3. The summed E-state index contributed by atoms with van der Waals surface area (Å²) in [7, 11) is 4.11. The lowest BCUT2D eigenvalue weighted by molar-refractivity contribution is -0.120. The molecule has 1 saturated heterocycles. The van der Waals surface area contributed by atoms with Crippen molar-refractivity contribution in [3.8, 4) is 11.1 Å². The van der Waals surface area contributed by atoms with Gasteiger partial charge >= 0.3 is 6.09 Å². The van der Waals surface area contributed by atoms with E-state index in [1.165, 1.54) is 0 Å². The highest BCUT2D eigenvalue weighted by atomic mass is 16.6. The number of carbonyl (C=O) groups excluding carboxylic acids is 3. The Hall–Kier alpha value is -3.39. The van der Waals surface area contributed by atoms with Gasteiger partial charge in [0.1, 0.15) is 0 Å². The van der Waals surface area contributed by atoms with Crippen LogP contribution in [-0.4, -0.2) is 79.6 Å². The number of ether oxygens (including phenoxy) is 1. The van der Waals surface area contributed by atoms with Crippen LogP contribution in [0.15, 0.2) is 42.5 Å². The fourth-order valence-electron chi connectivity index (χ4n) is 5.44. The van der Waals surface area contributed by atoms with Gasteiger partial charge in [0, 0.05) is 37.2 Å². The van der Waals surface area contributed by atoms with Crippen LogP contribution in [0.2, 0.25) is 0 Å². The first-order valence-electron chi connectivity index (χ1n) is 13.7. The van der Waals surface area contributed by atoms with Gasteiger partial charge in [-0.05, 0) is 89.5 Å². The number of likely N-dealkylation sites (tertiary alicyclic amines) is 1. The van der Waals surface area contributed by atoms with E-state index < -0.39 is 6.09 Å². The van der Waals surface area contributed by atoms with Gasteiger partial charge in [0.05, 0.1) is 23.5 Å². The molecule has 0 spiro atoms. The highest BCUT2D eigenvalue weighted by Crippen LogP contribution is 2.42. The summed E-state index contributed by atoms with van der Waals surface area (Å²) in [5.41, 5.74) is 3.93. The van der Waals surface area contributed by atoms with E-state index in [2.05, 4.69) is 19.0 Å². The predicted octanol–water partition coefficient (Wildman–Crippen LogP) is 4.63. The molecule has 0 unspecified atom stereocenters. The summed E-state index contributed by atoms with van der Waals surface area (Å²) in [6.07, 6.45) is 2.18. The zero-order valence-electron chi connectivity index (χ0n) is 23.0. The summed E-state index contributed by atoms with van der Waals surface area (Å²) in [6.45, 7) is 7.52. The summed E-state index contributed by atoms with van der Waals surface area (Å²) in [5.74, 6) is 0.259. The molecule has 0 bridgehead atoms. The quantitative estimate of drug-likeness (QED) is 0.577. The lowest BCUT2D eigenvalue weighted by atomic mass is 9.99. The number of hydrogen-bond donors (Lipinski definition) is 0. The third kappa shape index (κ3) is 5.14. The van der Waals surface area contributed by atoms with E-state index in [9.17, 15) is 14.4 Å². The Balaban J connectivity index is 1.43. The van der Waals surface area contributed by atoms with E-state index in [0.717, 1.165) is 49.2 Å². The Morgan fingerprint density at radius 3 is 2.21 bits per heavy atom. The SMILES string of the molecule is CC(C)OC(=O)N1C[C@H](C)N(C(=O)C2CC2)c2ccc(-c3ccc(C(=O)N4CC[C@@H](N(C)C)C4)cc3)cc21. The lowest BCUT2D eigenvalue weighted by Gasteiger charge is -2.41. The van der Waals surface area contributed by atoms with Crippen molar-refractivity contribution in [3.05, 3.63) is 48.0 Å². The standard InChI is InChI=1S/C30H38N4O4/c1-19(2)38-30(37)33-17-20(3)34(29(36)23-10-11-23)26-13-12-24(16-27(26)33)21-6-8-22(9-7-21)28(35)32-15-14-25(18-32)31(4)5/h6-9,12-13,16,19-20,23,25H,10-11,14-15,17-18H2,1-5H3/t20-,25+/m0/s1. The van der Waals surface area contributed by atoms with Crippen molar-refractivity contribution in [1.82, 2.24) is 9.80 Å². The minimum Gasteiger partial charge on any atom is -0.446 e. The summed E-state index contributed by atoms with van der Waals surface area (Å²) < 4.78 is 5.55. The van der Waals surface area contributed by atoms with Gasteiger partial charge < -0.3 is 19.4 Å². The van der Waals surface area contributed by atoms with Crippen LogP contribution < -0.4 is 9.80 Å². The van der Waals surface area contributed by atoms with E-state index in [4.69, 9.17) is 4.74 Å². The number of benzene rings is 2. The van der Waals surface area contributed by atoms with Gasteiger partial charge in [-0.1, -0.05) is 18.2 Å². The van der Waals surface area contributed by atoms with Gasteiger partial charge in [-0.3, -0.25) is 14.5 Å². The first-order valence-corrected chi connectivity index (χ1v) is 13.7. The average Bonchev–Trinajstić information content (AvgIpc) is 3.62. The van der Waals surface area contributed by atoms with Crippen LogP contribution in [-0.2, 0) is 9.53 Å². The maximum Gasteiger partial charge on any atom is 0.414 e. The molecule has 0 N–H and O–H groups in total. The molecule has 202 valence electrons. The smallest absolute Gasteiger partial charge is 0.414 e. The Labute approximate surface area is 225 Å². The fourth-order valence-corrected chi connectivity index (χ4v) is 5.44. The summed E-state index contributed by atoms with van der Waals surface area (Å²) >= 11 is 0. The molecular weight excluding hydrogens is 480 g/mol. The van der Waals surface area contributed by atoms with Crippen LogP contribution in [0.4, 0.5) is 16.2 Å². The van der Waals surface area contributed by atoms with Crippen LogP contribution in [0.3, 0.4) is 0 Å². The highest BCUT2D eigenvalue weighted by molar-refractivity contribution is 6.05. The zero-order valence-corrected chi connectivity index (χ0v) is 23.0. The minimum absolute atomic E-state index is 0.0529. The van der Waals surface area contributed by atoms with E-state index in [-0.39, 0.29) is 29.9 Å². The second-order valence-electron chi connectivity index (χ2n) is 11.3. The highest BCUT2D eigenvalue weighted by Gasteiger charge is 2.41. The first kappa shape index (κ1) is 26.2. The molecule has 38 heavy (non-hydrogen) atoms. The van der Waals surface area contributed by atoms with E-state index in [0.29, 0.717) is 23.8 Å². The van der Waals surface area contributed by atoms with Gasteiger partial charge in [0.2, 0.25) is 5.91 Å². The molecule has 0 radical (unpaired) electrons. The van der Waals surface area contributed by atoms with Crippen LogP contribution in [0.1, 0.15) is 50.4 Å². The van der Waals surface area contributed by atoms with Crippen molar-refractivity contribution in [1.29, 1.82) is 0 Å². The van der Waals surface area contributed by atoms with Gasteiger partial charge in [0.15, 0.2) is 0 Å².